The molecule has 1 aliphatic rings. The Labute approximate surface area is 144 Å². The molecule has 2 N–H and O–H groups in total. The molecule has 1 aliphatic carbocycles. The number of nitrogens with two attached hydrogens (primary N) is 1. The standard InChI is InChI=1S/C20H27N3O/c1-5-6-17-19(14-7-9-15(10-8-14)22(3)4)18(20(21)24)13(2)23(17)16-11-12-16/h7-10,16H,5-6,11-12H2,1-4H3,(H2,21,24). The Morgan fingerprint density at radius 1 is 1.25 bits per heavy atom. The zero-order chi connectivity index (χ0) is 17.4. The van der Waals surface area contributed by atoms with Crippen molar-refractivity contribution in [3.63, 3.8) is 0 Å². The number of rotatable bonds is 6. The van der Waals surface area contributed by atoms with Crippen LogP contribution in [-0.2, 0) is 6.42 Å². The Bertz CT molecular complexity index is 752. The number of benzene rings is 1. The zero-order valence-electron chi connectivity index (χ0n) is 15.1. The lowest BCUT2D eigenvalue weighted by Gasteiger charge is -2.14. The highest BCUT2D eigenvalue weighted by molar-refractivity contribution is 6.02. The molecular formula is C20H27N3O. The van der Waals surface area contributed by atoms with E-state index in [2.05, 4.69) is 40.7 Å². The molecule has 1 amide bonds. The number of amides is 1. The lowest BCUT2D eigenvalue weighted by atomic mass is 9.97. The number of carbonyl (C=O) groups excluding carboxylic acids is 1. The van der Waals surface area contributed by atoms with Gasteiger partial charge in [-0.25, -0.2) is 0 Å². The third kappa shape index (κ3) is 2.81. The van der Waals surface area contributed by atoms with Crippen LogP contribution in [0.4, 0.5) is 5.69 Å². The number of hydrogen-bond donors (Lipinski definition) is 1. The van der Waals surface area contributed by atoms with E-state index in [9.17, 15) is 4.79 Å². The topological polar surface area (TPSA) is 51.3 Å². The summed E-state index contributed by atoms with van der Waals surface area (Å²) in [7, 11) is 4.06. The molecule has 1 fully saturated rings. The molecule has 1 saturated carbocycles. The highest BCUT2D eigenvalue weighted by Crippen LogP contribution is 2.43. The second kappa shape index (κ2) is 6.34. The summed E-state index contributed by atoms with van der Waals surface area (Å²) in [5.74, 6) is -0.323. The molecule has 0 atom stereocenters. The van der Waals surface area contributed by atoms with Crippen LogP contribution in [0.5, 0.6) is 0 Å². The average Bonchev–Trinajstić information content (AvgIpc) is 3.32. The quantitative estimate of drug-likeness (QED) is 0.875. The van der Waals surface area contributed by atoms with E-state index in [-0.39, 0.29) is 5.91 Å². The molecule has 4 heteroatoms. The highest BCUT2D eigenvalue weighted by Gasteiger charge is 2.32. The van der Waals surface area contributed by atoms with Crippen molar-refractivity contribution in [3.05, 3.63) is 41.2 Å². The van der Waals surface area contributed by atoms with Crippen molar-refractivity contribution in [1.82, 2.24) is 4.57 Å². The van der Waals surface area contributed by atoms with Crippen LogP contribution in [0.25, 0.3) is 11.1 Å². The summed E-state index contributed by atoms with van der Waals surface area (Å²) in [6.45, 7) is 4.22. The summed E-state index contributed by atoms with van der Waals surface area (Å²) in [5.41, 5.74) is 12.0. The number of nitrogens with zero attached hydrogens (tertiary/aromatic N) is 2. The van der Waals surface area contributed by atoms with Crippen molar-refractivity contribution < 1.29 is 4.79 Å². The average molecular weight is 325 g/mol. The van der Waals surface area contributed by atoms with Crippen LogP contribution < -0.4 is 10.6 Å². The predicted octanol–water partition coefficient (Wildman–Crippen LogP) is 3.92. The molecule has 1 heterocycles. The molecule has 0 radical (unpaired) electrons. The summed E-state index contributed by atoms with van der Waals surface area (Å²) >= 11 is 0. The smallest absolute Gasteiger partial charge is 0.251 e. The third-order valence-electron chi connectivity index (χ3n) is 4.87. The van der Waals surface area contributed by atoms with Crippen LogP contribution in [0.15, 0.2) is 24.3 Å². The van der Waals surface area contributed by atoms with Gasteiger partial charge in [0.2, 0.25) is 0 Å². The fourth-order valence-corrected chi connectivity index (χ4v) is 3.62. The maximum Gasteiger partial charge on any atom is 0.251 e. The molecule has 1 aromatic heterocycles. The van der Waals surface area contributed by atoms with Gasteiger partial charge in [-0.2, -0.15) is 0 Å². The van der Waals surface area contributed by atoms with E-state index in [1.807, 2.05) is 21.0 Å². The first-order valence-electron chi connectivity index (χ1n) is 8.76. The summed E-state index contributed by atoms with van der Waals surface area (Å²) < 4.78 is 2.37. The van der Waals surface area contributed by atoms with E-state index in [4.69, 9.17) is 5.73 Å². The van der Waals surface area contributed by atoms with Gasteiger partial charge >= 0.3 is 0 Å². The first kappa shape index (κ1) is 16.6. The maximum absolute atomic E-state index is 12.2. The molecule has 0 saturated heterocycles. The molecule has 24 heavy (non-hydrogen) atoms. The first-order chi connectivity index (χ1) is 11.5. The Kier molecular flexibility index (Phi) is 4.39. The molecule has 1 aromatic carbocycles. The van der Waals surface area contributed by atoms with E-state index in [1.165, 1.54) is 18.5 Å². The minimum Gasteiger partial charge on any atom is -0.378 e. The summed E-state index contributed by atoms with van der Waals surface area (Å²) in [4.78, 5) is 14.3. The second-order valence-corrected chi connectivity index (χ2v) is 6.94. The Hall–Kier alpha value is -2.23. The van der Waals surface area contributed by atoms with Gasteiger partial charge in [-0.05, 0) is 43.9 Å². The van der Waals surface area contributed by atoms with Crippen LogP contribution in [0.1, 0.15) is 54.0 Å². The van der Waals surface area contributed by atoms with Gasteiger partial charge in [0.15, 0.2) is 0 Å². The van der Waals surface area contributed by atoms with E-state index in [0.717, 1.165) is 35.3 Å². The first-order valence-corrected chi connectivity index (χ1v) is 8.76. The molecule has 128 valence electrons. The van der Waals surface area contributed by atoms with Crippen LogP contribution in [0, 0.1) is 6.92 Å². The zero-order valence-corrected chi connectivity index (χ0v) is 15.1. The molecule has 3 rings (SSSR count). The van der Waals surface area contributed by atoms with E-state index < -0.39 is 0 Å². The van der Waals surface area contributed by atoms with Crippen molar-refractivity contribution in [1.29, 1.82) is 0 Å². The Balaban J connectivity index is 2.20. The minimum absolute atomic E-state index is 0.323. The molecule has 0 bridgehead atoms. The van der Waals surface area contributed by atoms with Gasteiger partial charge in [0.25, 0.3) is 5.91 Å². The number of primary amides is 1. The molecular weight excluding hydrogens is 298 g/mol. The molecule has 4 nitrogen and oxygen atoms in total. The minimum atomic E-state index is -0.323. The van der Waals surface area contributed by atoms with Crippen LogP contribution in [0.2, 0.25) is 0 Å². The highest BCUT2D eigenvalue weighted by atomic mass is 16.1. The van der Waals surface area contributed by atoms with E-state index in [0.29, 0.717) is 11.6 Å². The van der Waals surface area contributed by atoms with E-state index in [1.54, 1.807) is 0 Å². The van der Waals surface area contributed by atoms with Gasteiger partial charge in [-0.15, -0.1) is 0 Å². The fraction of sp³-hybridized carbons (Fsp3) is 0.450. The number of carbonyl (C=O) groups is 1. The van der Waals surface area contributed by atoms with Gasteiger partial charge in [0, 0.05) is 42.8 Å². The molecule has 0 aliphatic heterocycles. The second-order valence-electron chi connectivity index (χ2n) is 6.94. The maximum atomic E-state index is 12.2. The predicted molar refractivity (Wildman–Crippen MR) is 99.7 cm³/mol. The van der Waals surface area contributed by atoms with Gasteiger partial charge in [0.05, 0.1) is 5.56 Å². The van der Waals surface area contributed by atoms with Crippen LogP contribution >= 0.6 is 0 Å². The van der Waals surface area contributed by atoms with Crippen molar-refractivity contribution >= 4 is 11.6 Å². The SMILES string of the molecule is CCCc1c(-c2ccc(N(C)C)cc2)c(C(N)=O)c(C)n1C1CC1. The Morgan fingerprint density at radius 3 is 2.33 bits per heavy atom. The third-order valence-corrected chi connectivity index (χ3v) is 4.87. The molecule has 0 unspecified atom stereocenters. The Morgan fingerprint density at radius 2 is 1.88 bits per heavy atom. The van der Waals surface area contributed by atoms with Gasteiger partial charge in [0.1, 0.15) is 0 Å². The summed E-state index contributed by atoms with van der Waals surface area (Å²) in [6.07, 6.45) is 4.42. The monoisotopic (exact) mass is 325 g/mol. The summed E-state index contributed by atoms with van der Waals surface area (Å²) in [5, 5.41) is 0. The normalized spacial score (nSPS) is 14.0. The van der Waals surface area contributed by atoms with Crippen molar-refractivity contribution in [2.24, 2.45) is 5.73 Å². The van der Waals surface area contributed by atoms with Crippen molar-refractivity contribution in [2.45, 2.75) is 45.6 Å². The van der Waals surface area contributed by atoms with Gasteiger partial charge in [-0.1, -0.05) is 25.5 Å². The number of aromatic nitrogens is 1. The number of hydrogen-bond acceptors (Lipinski definition) is 2. The fourth-order valence-electron chi connectivity index (χ4n) is 3.62. The number of anilines is 1. The van der Waals surface area contributed by atoms with Crippen molar-refractivity contribution in [2.75, 3.05) is 19.0 Å². The lowest BCUT2D eigenvalue weighted by molar-refractivity contribution is 0.1000. The van der Waals surface area contributed by atoms with Gasteiger partial charge < -0.3 is 15.2 Å². The summed E-state index contributed by atoms with van der Waals surface area (Å²) in [6, 6.07) is 8.94. The largest absolute Gasteiger partial charge is 0.378 e. The van der Waals surface area contributed by atoms with Gasteiger partial charge in [-0.3, -0.25) is 4.79 Å². The molecule has 0 spiro atoms. The van der Waals surface area contributed by atoms with Crippen LogP contribution in [-0.4, -0.2) is 24.6 Å². The van der Waals surface area contributed by atoms with Crippen LogP contribution in [0.3, 0.4) is 0 Å². The lowest BCUT2D eigenvalue weighted by Crippen LogP contribution is -2.13. The molecule has 2 aromatic rings. The van der Waals surface area contributed by atoms with E-state index >= 15 is 0 Å². The van der Waals surface area contributed by atoms with Crippen molar-refractivity contribution in [3.8, 4) is 11.1 Å².